The first-order valence-corrected chi connectivity index (χ1v) is 7.75. The molecule has 2 aromatic rings. The van der Waals surface area contributed by atoms with E-state index in [2.05, 4.69) is 10.4 Å². The summed E-state index contributed by atoms with van der Waals surface area (Å²) >= 11 is 0. The van der Waals surface area contributed by atoms with Gasteiger partial charge in [-0.1, -0.05) is 0 Å². The molecule has 0 aliphatic rings. The largest absolute Gasteiger partial charge is 0.466 e. The van der Waals surface area contributed by atoms with Crippen molar-refractivity contribution in [1.29, 1.82) is 0 Å². The fourth-order valence-electron chi connectivity index (χ4n) is 2.66. The lowest BCUT2D eigenvalue weighted by Gasteiger charge is -2.23. The van der Waals surface area contributed by atoms with E-state index in [1.54, 1.807) is 23.9 Å². The van der Waals surface area contributed by atoms with Crippen molar-refractivity contribution < 1.29 is 14.3 Å². The average Bonchev–Trinajstić information content (AvgIpc) is 2.98. The van der Waals surface area contributed by atoms with Crippen LogP contribution in [0.15, 0.2) is 16.7 Å². The third-order valence-electron chi connectivity index (χ3n) is 4.21. The van der Waals surface area contributed by atoms with E-state index in [4.69, 9.17) is 4.42 Å². The Hall–Kier alpha value is -2.08. The molecule has 0 spiro atoms. The highest BCUT2D eigenvalue weighted by atomic mass is 16.3. The van der Waals surface area contributed by atoms with E-state index >= 15 is 0 Å². The van der Waals surface area contributed by atoms with Crippen LogP contribution in [0, 0.1) is 20.8 Å². The second-order valence-electron chi connectivity index (χ2n) is 6.26. The number of carbonyl (C=O) groups is 1. The normalized spacial score (nSPS) is 13.8. The van der Waals surface area contributed by atoms with Crippen molar-refractivity contribution >= 4 is 5.91 Å². The van der Waals surface area contributed by atoms with Gasteiger partial charge in [0.15, 0.2) is 0 Å². The van der Waals surface area contributed by atoms with Crippen LogP contribution in [0.5, 0.6) is 0 Å². The van der Waals surface area contributed by atoms with Gasteiger partial charge in [-0.25, -0.2) is 0 Å². The molecule has 23 heavy (non-hydrogen) atoms. The fraction of sp³-hybridized carbons (Fsp3) is 0.529. The Morgan fingerprint density at radius 2 is 2.13 bits per heavy atom. The van der Waals surface area contributed by atoms with Gasteiger partial charge in [0, 0.05) is 24.7 Å². The Kier molecular flexibility index (Phi) is 4.94. The van der Waals surface area contributed by atoms with Crippen molar-refractivity contribution in [1.82, 2.24) is 15.1 Å². The van der Waals surface area contributed by atoms with Gasteiger partial charge in [-0.3, -0.25) is 9.48 Å². The van der Waals surface area contributed by atoms with Crippen LogP contribution in [-0.2, 0) is 23.9 Å². The summed E-state index contributed by atoms with van der Waals surface area (Å²) in [6.07, 6.45) is 2.79. The Balaban J connectivity index is 1.88. The quantitative estimate of drug-likeness (QED) is 0.852. The Labute approximate surface area is 136 Å². The lowest BCUT2D eigenvalue weighted by Crippen LogP contribution is -2.38. The van der Waals surface area contributed by atoms with Crippen LogP contribution in [0.25, 0.3) is 0 Å². The smallest absolute Gasteiger partial charge is 0.220 e. The number of aryl methyl sites for hydroxylation is 4. The Morgan fingerprint density at radius 1 is 1.43 bits per heavy atom. The van der Waals surface area contributed by atoms with Crippen LogP contribution in [0.3, 0.4) is 0 Å². The highest BCUT2D eigenvalue weighted by molar-refractivity contribution is 5.76. The van der Waals surface area contributed by atoms with Gasteiger partial charge in [-0.2, -0.15) is 5.10 Å². The van der Waals surface area contributed by atoms with E-state index in [9.17, 15) is 9.90 Å². The van der Waals surface area contributed by atoms with Gasteiger partial charge in [-0.15, -0.1) is 0 Å². The zero-order chi connectivity index (χ0) is 17.2. The van der Waals surface area contributed by atoms with Crippen LogP contribution in [-0.4, -0.2) is 27.3 Å². The molecule has 6 nitrogen and oxygen atoms in total. The van der Waals surface area contributed by atoms with Gasteiger partial charge < -0.3 is 14.8 Å². The molecule has 0 fully saturated rings. The second-order valence-corrected chi connectivity index (χ2v) is 6.26. The lowest BCUT2D eigenvalue weighted by molar-refractivity contribution is -0.122. The van der Waals surface area contributed by atoms with Crippen molar-refractivity contribution in [3.05, 3.63) is 40.6 Å². The summed E-state index contributed by atoms with van der Waals surface area (Å²) in [7, 11) is 1.88. The van der Waals surface area contributed by atoms with Gasteiger partial charge >= 0.3 is 0 Å². The van der Waals surface area contributed by atoms with Crippen LogP contribution in [0.4, 0.5) is 0 Å². The molecule has 0 saturated heterocycles. The van der Waals surface area contributed by atoms with Crippen molar-refractivity contribution in [3.8, 4) is 0 Å². The predicted molar refractivity (Wildman–Crippen MR) is 87.0 cm³/mol. The molecule has 2 N–H and O–H groups in total. The summed E-state index contributed by atoms with van der Waals surface area (Å²) in [4.78, 5) is 12.0. The topological polar surface area (TPSA) is 80.3 Å². The van der Waals surface area contributed by atoms with Gasteiger partial charge in [0.05, 0.1) is 12.7 Å². The van der Waals surface area contributed by atoms with Crippen LogP contribution in [0.2, 0.25) is 0 Å². The number of aliphatic hydroxyl groups is 1. The average molecular weight is 319 g/mol. The summed E-state index contributed by atoms with van der Waals surface area (Å²) in [5.74, 6) is 1.33. The molecule has 0 bridgehead atoms. The number of furan rings is 1. The van der Waals surface area contributed by atoms with E-state index < -0.39 is 5.60 Å². The first-order chi connectivity index (χ1) is 10.7. The third-order valence-corrected chi connectivity index (χ3v) is 4.21. The SMILES string of the molecule is Cc1cc(C(C)(O)CNC(=O)CCc2cnn(C)c2C)c(C)o1. The standard InChI is InChI=1S/C17H25N3O3/c1-11-8-15(13(3)23-11)17(4,22)10-18-16(21)7-6-14-9-19-20(5)12(14)2/h8-9,22H,6-7,10H2,1-5H3,(H,18,21). The second kappa shape index (κ2) is 6.58. The monoisotopic (exact) mass is 319 g/mol. The molecular formula is C17H25N3O3. The molecule has 1 atom stereocenters. The van der Waals surface area contributed by atoms with Crippen molar-refractivity contribution in [2.45, 2.75) is 46.1 Å². The molecule has 1 unspecified atom stereocenters. The molecule has 0 aliphatic carbocycles. The molecule has 0 radical (unpaired) electrons. The zero-order valence-corrected chi connectivity index (χ0v) is 14.4. The van der Waals surface area contributed by atoms with E-state index in [0.29, 0.717) is 24.2 Å². The summed E-state index contributed by atoms with van der Waals surface area (Å²) in [6, 6.07) is 1.81. The number of aromatic nitrogens is 2. The van der Waals surface area contributed by atoms with Gasteiger partial charge in [-0.05, 0) is 45.7 Å². The third kappa shape index (κ3) is 4.01. The maximum Gasteiger partial charge on any atom is 0.220 e. The van der Waals surface area contributed by atoms with E-state index in [0.717, 1.165) is 17.0 Å². The number of hydrogen-bond acceptors (Lipinski definition) is 4. The number of hydrogen-bond donors (Lipinski definition) is 2. The predicted octanol–water partition coefficient (Wildman–Crippen LogP) is 1.89. The zero-order valence-electron chi connectivity index (χ0n) is 14.4. The van der Waals surface area contributed by atoms with Crippen molar-refractivity contribution in [3.63, 3.8) is 0 Å². The molecule has 2 aromatic heterocycles. The number of rotatable bonds is 6. The summed E-state index contributed by atoms with van der Waals surface area (Å²) in [6.45, 7) is 7.45. The molecule has 126 valence electrons. The molecule has 0 aromatic carbocycles. The minimum absolute atomic E-state index is 0.0913. The molecule has 2 heterocycles. The van der Waals surface area contributed by atoms with Gasteiger partial charge in [0.25, 0.3) is 0 Å². The maximum absolute atomic E-state index is 12.0. The molecule has 0 aliphatic heterocycles. The molecule has 6 heteroatoms. The minimum Gasteiger partial charge on any atom is -0.466 e. The Bertz CT molecular complexity index is 698. The number of carbonyl (C=O) groups excluding carboxylic acids is 1. The lowest BCUT2D eigenvalue weighted by atomic mass is 9.96. The minimum atomic E-state index is -1.15. The van der Waals surface area contributed by atoms with E-state index in [1.165, 1.54) is 0 Å². The summed E-state index contributed by atoms with van der Waals surface area (Å²) in [5.41, 5.74) is 1.69. The first kappa shape index (κ1) is 17.3. The maximum atomic E-state index is 12.0. The first-order valence-electron chi connectivity index (χ1n) is 7.75. The number of nitrogens with zero attached hydrogens (tertiary/aromatic N) is 2. The van der Waals surface area contributed by atoms with Crippen molar-refractivity contribution in [2.24, 2.45) is 7.05 Å². The van der Waals surface area contributed by atoms with Gasteiger partial charge in [0.1, 0.15) is 17.1 Å². The molecule has 1 amide bonds. The van der Waals surface area contributed by atoms with Crippen molar-refractivity contribution in [2.75, 3.05) is 6.54 Å². The fourth-order valence-corrected chi connectivity index (χ4v) is 2.66. The highest BCUT2D eigenvalue weighted by Crippen LogP contribution is 2.26. The Morgan fingerprint density at radius 3 is 2.65 bits per heavy atom. The van der Waals surface area contributed by atoms with Gasteiger partial charge in [0.2, 0.25) is 5.91 Å². The summed E-state index contributed by atoms with van der Waals surface area (Å²) in [5, 5.41) is 17.5. The molecular weight excluding hydrogens is 294 g/mol. The van der Waals surface area contributed by atoms with Crippen LogP contribution >= 0.6 is 0 Å². The van der Waals surface area contributed by atoms with Crippen LogP contribution < -0.4 is 5.32 Å². The highest BCUT2D eigenvalue weighted by Gasteiger charge is 2.28. The number of amides is 1. The number of nitrogens with one attached hydrogen (secondary N) is 1. The summed E-state index contributed by atoms with van der Waals surface area (Å²) < 4.78 is 7.24. The van der Waals surface area contributed by atoms with E-state index in [-0.39, 0.29) is 12.5 Å². The molecule has 2 rings (SSSR count). The van der Waals surface area contributed by atoms with E-state index in [1.807, 2.05) is 27.8 Å². The molecule has 0 saturated carbocycles. The van der Waals surface area contributed by atoms with Crippen LogP contribution in [0.1, 0.15) is 41.7 Å².